The van der Waals surface area contributed by atoms with E-state index in [0.29, 0.717) is 15.9 Å². The van der Waals surface area contributed by atoms with Crippen LogP contribution in [0, 0.1) is 0 Å². The molecule has 0 spiro atoms. The Hall–Kier alpha value is -1.34. The van der Waals surface area contributed by atoms with Gasteiger partial charge in [-0.15, -0.1) is 11.3 Å². The average Bonchev–Trinajstić information content (AvgIpc) is 2.99. The van der Waals surface area contributed by atoms with E-state index in [-0.39, 0.29) is 12.2 Å². The van der Waals surface area contributed by atoms with Crippen LogP contribution in [0.5, 0.6) is 0 Å². The lowest BCUT2D eigenvalue weighted by Crippen LogP contribution is -2.22. The van der Waals surface area contributed by atoms with Crippen LogP contribution in [0.25, 0.3) is 15.9 Å². The molecule has 7 heteroatoms. The van der Waals surface area contributed by atoms with Crippen molar-refractivity contribution in [2.75, 3.05) is 12.4 Å². The summed E-state index contributed by atoms with van der Waals surface area (Å²) < 4.78 is 1.65. The van der Waals surface area contributed by atoms with Gasteiger partial charge < -0.3 is 5.11 Å². The second kappa shape index (κ2) is 7.11. The van der Waals surface area contributed by atoms with E-state index < -0.39 is 0 Å². The highest BCUT2D eigenvalue weighted by Gasteiger charge is 2.22. The van der Waals surface area contributed by atoms with Gasteiger partial charge in [-0.25, -0.2) is 4.98 Å². The van der Waals surface area contributed by atoms with E-state index in [2.05, 4.69) is 0 Å². The maximum atomic E-state index is 13.4. The van der Waals surface area contributed by atoms with Gasteiger partial charge in [0.2, 0.25) is 0 Å². The Morgan fingerprint density at radius 2 is 2.00 bits per heavy atom. The molecule has 4 nitrogen and oxygen atoms in total. The summed E-state index contributed by atoms with van der Waals surface area (Å²) in [6, 6.07) is 7.21. The Balaban J connectivity index is 1.98. The molecule has 0 aliphatic heterocycles. The van der Waals surface area contributed by atoms with Gasteiger partial charge in [0.25, 0.3) is 5.56 Å². The third-order valence-electron chi connectivity index (χ3n) is 4.37. The number of fused-ring (bicyclic) bond motifs is 3. The van der Waals surface area contributed by atoms with Gasteiger partial charge in [0.1, 0.15) is 4.83 Å². The van der Waals surface area contributed by atoms with E-state index in [9.17, 15) is 9.90 Å². The summed E-state index contributed by atoms with van der Waals surface area (Å²) >= 11 is 9.04. The van der Waals surface area contributed by atoms with Crippen molar-refractivity contribution >= 4 is 44.9 Å². The Bertz CT molecular complexity index is 979. The number of aromatic nitrogens is 2. The molecule has 0 saturated heterocycles. The Morgan fingerprint density at radius 1 is 1.24 bits per heavy atom. The van der Waals surface area contributed by atoms with E-state index in [1.165, 1.54) is 28.6 Å². The fourth-order valence-electron chi connectivity index (χ4n) is 3.24. The van der Waals surface area contributed by atoms with Crippen LogP contribution < -0.4 is 5.56 Å². The van der Waals surface area contributed by atoms with Crippen LogP contribution in [-0.2, 0) is 12.8 Å². The van der Waals surface area contributed by atoms with Gasteiger partial charge in [-0.2, -0.15) is 0 Å². The third-order valence-corrected chi connectivity index (χ3v) is 6.72. The highest BCUT2D eigenvalue weighted by Crippen LogP contribution is 2.35. The SMILES string of the molecule is O=c1c2c3c(sc2nc(SCCO)n1-c1ccc(Cl)cc1)CCCC3. The fourth-order valence-corrected chi connectivity index (χ4v) is 5.42. The summed E-state index contributed by atoms with van der Waals surface area (Å²) in [6.45, 7) is 0.0418. The molecule has 0 amide bonds. The molecule has 2 aromatic heterocycles. The first-order valence-electron chi connectivity index (χ1n) is 8.26. The maximum absolute atomic E-state index is 13.4. The van der Waals surface area contributed by atoms with E-state index in [1.807, 2.05) is 12.1 Å². The molecule has 1 aliphatic rings. The highest BCUT2D eigenvalue weighted by molar-refractivity contribution is 7.99. The molecule has 1 aromatic carbocycles. The first-order valence-corrected chi connectivity index (χ1v) is 10.4. The zero-order valence-corrected chi connectivity index (χ0v) is 15.9. The maximum Gasteiger partial charge on any atom is 0.267 e. The van der Waals surface area contributed by atoms with Gasteiger partial charge in [-0.3, -0.25) is 9.36 Å². The van der Waals surface area contributed by atoms with E-state index in [0.717, 1.165) is 35.2 Å². The monoisotopic (exact) mass is 392 g/mol. The number of halogens is 1. The Morgan fingerprint density at radius 3 is 2.76 bits per heavy atom. The van der Waals surface area contributed by atoms with E-state index in [4.69, 9.17) is 16.6 Å². The highest BCUT2D eigenvalue weighted by atomic mass is 35.5. The molecule has 25 heavy (non-hydrogen) atoms. The summed E-state index contributed by atoms with van der Waals surface area (Å²) in [5, 5.41) is 11.2. The molecular weight excluding hydrogens is 376 g/mol. The van der Waals surface area contributed by atoms with Gasteiger partial charge in [-0.1, -0.05) is 23.4 Å². The van der Waals surface area contributed by atoms with Crippen LogP contribution in [0.1, 0.15) is 23.3 Å². The lowest BCUT2D eigenvalue weighted by Gasteiger charge is -2.13. The summed E-state index contributed by atoms with van der Waals surface area (Å²) in [7, 11) is 0. The quantitative estimate of drug-likeness (QED) is 0.537. The van der Waals surface area contributed by atoms with Crippen LogP contribution in [0.3, 0.4) is 0 Å². The standard InChI is InChI=1S/C18H17ClN2O2S2/c19-11-5-7-12(8-6-11)21-17(23)15-13-3-1-2-4-14(13)25-16(15)20-18(21)24-10-9-22/h5-8,22H,1-4,9-10H2. The van der Waals surface area contributed by atoms with E-state index >= 15 is 0 Å². The molecule has 0 radical (unpaired) electrons. The second-order valence-corrected chi connectivity index (χ2v) is 8.56. The topological polar surface area (TPSA) is 55.1 Å². The lowest BCUT2D eigenvalue weighted by molar-refractivity contribution is 0.322. The van der Waals surface area contributed by atoms with Gasteiger partial charge in [0.05, 0.1) is 17.7 Å². The number of aliphatic hydroxyl groups excluding tert-OH is 1. The van der Waals surface area contributed by atoms with Gasteiger partial charge in [0.15, 0.2) is 5.16 Å². The third kappa shape index (κ3) is 3.12. The molecule has 0 saturated carbocycles. The Kier molecular flexibility index (Phi) is 4.86. The molecule has 2 heterocycles. The number of thioether (sulfide) groups is 1. The van der Waals surface area contributed by atoms with Crippen LogP contribution in [0.4, 0.5) is 0 Å². The van der Waals surface area contributed by atoms with Crippen molar-refractivity contribution in [2.45, 2.75) is 30.8 Å². The summed E-state index contributed by atoms with van der Waals surface area (Å²) in [4.78, 5) is 20.3. The van der Waals surface area contributed by atoms with Crippen LogP contribution >= 0.6 is 34.7 Å². The minimum absolute atomic E-state index is 0.0211. The predicted octanol–water partition coefficient (Wildman–Crippen LogP) is 4.06. The summed E-state index contributed by atoms with van der Waals surface area (Å²) in [6.07, 6.45) is 4.30. The Labute approximate surface area is 158 Å². The largest absolute Gasteiger partial charge is 0.396 e. The van der Waals surface area contributed by atoms with Crippen LogP contribution in [0.2, 0.25) is 5.02 Å². The zero-order valence-electron chi connectivity index (χ0n) is 13.5. The van der Waals surface area contributed by atoms with Crippen molar-refractivity contribution < 1.29 is 5.11 Å². The van der Waals surface area contributed by atoms with Crippen molar-refractivity contribution in [1.29, 1.82) is 0 Å². The first-order chi connectivity index (χ1) is 12.2. The minimum atomic E-state index is -0.0211. The number of hydrogen-bond acceptors (Lipinski definition) is 5. The van der Waals surface area contributed by atoms with Crippen LogP contribution in [0.15, 0.2) is 34.2 Å². The van der Waals surface area contributed by atoms with Crippen molar-refractivity contribution in [3.8, 4) is 5.69 Å². The average molecular weight is 393 g/mol. The number of rotatable bonds is 4. The molecule has 1 N–H and O–H groups in total. The zero-order chi connectivity index (χ0) is 17.4. The molecule has 0 atom stereocenters. The number of hydrogen-bond donors (Lipinski definition) is 1. The van der Waals surface area contributed by atoms with E-state index in [1.54, 1.807) is 28.0 Å². The number of benzene rings is 1. The van der Waals surface area contributed by atoms with Gasteiger partial charge in [-0.05, 0) is 55.5 Å². The minimum Gasteiger partial charge on any atom is -0.396 e. The summed E-state index contributed by atoms with van der Waals surface area (Å²) in [5.41, 5.74) is 1.91. The predicted molar refractivity (Wildman–Crippen MR) is 105 cm³/mol. The van der Waals surface area contributed by atoms with Crippen molar-refractivity contribution in [2.24, 2.45) is 0 Å². The molecule has 4 rings (SSSR count). The number of nitrogens with zero attached hydrogens (tertiary/aromatic N) is 2. The normalized spacial score (nSPS) is 14.0. The summed E-state index contributed by atoms with van der Waals surface area (Å²) in [5.74, 6) is 0.497. The van der Waals surface area contributed by atoms with Crippen molar-refractivity contribution in [1.82, 2.24) is 9.55 Å². The van der Waals surface area contributed by atoms with Crippen molar-refractivity contribution in [3.05, 3.63) is 50.1 Å². The van der Waals surface area contributed by atoms with Crippen LogP contribution in [-0.4, -0.2) is 27.0 Å². The molecule has 1 aliphatic carbocycles. The number of aryl methyl sites for hydroxylation is 2. The number of thiophene rings is 1. The lowest BCUT2D eigenvalue weighted by atomic mass is 9.97. The molecule has 0 bridgehead atoms. The van der Waals surface area contributed by atoms with Gasteiger partial charge >= 0.3 is 0 Å². The molecule has 3 aromatic rings. The smallest absolute Gasteiger partial charge is 0.267 e. The number of aliphatic hydroxyl groups is 1. The molecule has 130 valence electrons. The fraction of sp³-hybridized carbons (Fsp3) is 0.333. The van der Waals surface area contributed by atoms with Gasteiger partial charge in [0, 0.05) is 15.7 Å². The molecular formula is C18H17ClN2O2S2. The molecule has 0 unspecified atom stereocenters. The molecule has 0 fully saturated rings. The second-order valence-electron chi connectivity index (χ2n) is 5.97. The van der Waals surface area contributed by atoms with Crippen molar-refractivity contribution in [3.63, 3.8) is 0 Å². The first kappa shape index (κ1) is 17.1.